The predicted molar refractivity (Wildman–Crippen MR) is 87.2 cm³/mol. The van der Waals surface area contributed by atoms with Crippen molar-refractivity contribution in [2.45, 2.75) is 13.0 Å². The molecular weight excluding hydrogens is 547 g/mol. The minimum absolute atomic E-state index is 0.140. The quantitative estimate of drug-likeness (QED) is 0.352. The number of esters is 1. The number of hydrogen-bond acceptors (Lipinski definition) is 2. The predicted octanol–water partition coefficient (Wildman–Crippen LogP) is 2.29. The number of carbonyl (C=O) groups excluding carboxylic acids is 1. The molecule has 0 aromatic heterocycles. The molecule has 0 saturated heterocycles. The lowest BCUT2D eigenvalue weighted by Crippen LogP contribution is -2.55. The van der Waals surface area contributed by atoms with Gasteiger partial charge in [-0.15, -0.1) is 0 Å². The molecule has 0 bridgehead atoms. The lowest BCUT2D eigenvalue weighted by Gasteiger charge is -2.11. The molecular formula is C10H11I3NO2+. The summed E-state index contributed by atoms with van der Waals surface area (Å²) in [5.74, 6) is -0.267. The Morgan fingerprint density at radius 1 is 1.44 bits per heavy atom. The Bertz CT molecular complexity index is 409. The molecule has 0 saturated carbocycles. The highest BCUT2D eigenvalue weighted by Crippen LogP contribution is 2.23. The van der Waals surface area contributed by atoms with E-state index in [1.165, 1.54) is 0 Å². The average molecular weight is 558 g/mol. The first-order valence-corrected chi connectivity index (χ1v) is 7.84. The van der Waals surface area contributed by atoms with Gasteiger partial charge >= 0.3 is 5.97 Å². The molecule has 1 atom stereocenters. The van der Waals surface area contributed by atoms with Crippen LogP contribution in [0.3, 0.4) is 0 Å². The van der Waals surface area contributed by atoms with Crippen molar-refractivity contribution in [2.24, 2.45) is 0 Å². The van der Waals surface area contributed by atoms with Gasteiger partial charge in [0.1, 0.15) is 12.6 Å². The molecule has 6 heteroatoms. The van der Waals surface area contributed by atoms with Crippen LogP contribution in [-0.4, -0.2) is 18.6 Å². The summed E-state index contributed by atoms with van der Waals surface area (Å²) in [5, 5.41) is 0. The van der Waals surface area contributed by atoms with Crippen molar-refractivity contribution >= 4 is 73.7 Å². The van der Waals surface area contributed by atoms with E-state index < -0.39 is 0 Å². The Labute approximate surface area is 135 Å². The first-order chi connectivity index (χ1) is 7.45. The van der Waals surface area contributed by atoms with Gasteiger partial charge in [-0.3, -0.25) is 0 Å². The summed E-state index contributed by atoms with van der Waals surface area (Å²) in [6.45, 7) is 2.43. The molecule has 0 fully saturated rings. The fourth-order valence-electron chi connectivity index (χ4n) is 1.01. The van der Waals surface area contributed by atoms with Gasteiger partial charge in [0.25, 0.3) is 0 Å². The number of ether oxygens (including phenoxy) is 1. The van der Waals surface area contributed by atoms with Crippen molar-refractivity contribution < 1.29 is 15.3 Å². The van der Waals surface area contributed by atoms with Crippen LogP contribution in [0.15, 0.2) is 12.1 Å². The molecule has 0 radical (unpaired) electrons. The fraction of sp³-hybridized carbons (Fsp3) is 0.300. The van der Waals surface area contributed by atoms with Gasteiger partial charge in [-0.1, -0.05) is 0 Å². The number of rotatable bonds is 3. The molecule has 0 aliphatic carbocycles. The molecule has 0 aliphatic heterocycles. The molecule has 1 aromatic rings. The van der Waals surface area contributed by atoms with Gasteiger partial charge in [-0.2, -0.15) is 0 Å². The van der Waals surface area contributed by atoms with E-state index in [9.17, 15) is 4.79 Å². The van der Waals surface area contributed by atoms with E-state index in [0.29, 0.717) is 12.1 Å². The minimum atomic E-state index is -0.267. The minimum Gasteiger partial charge on any atom is -0.453 e. The standard InChI is InChI=1S/C10H10I3NO2/c1-5(4-14)16-10(15)7-2-6(11)3-8(12)9(7)13/h2-3,5H,4,14H2,1H3/p+1. The van der Waals surface area contributed by atoms with Gasteiger partial charge in [0.15, 0.2) is 0 Å². The van der Waals surface area contributed by atoms with E-state index >= 15 is 0 Å². The topological polar surface area (TPSA) is 53.9 Å². The molecule has 0 amide bonds. The first kappa shape index (κ1) is 14.9. The number of hydrogen-bond donors (Lipinski definition) is 1. The smallest absolute Gasteiger partial charge is 0.339 e. The monoisotopic (exact) mass is 558 g/mol. The van der Waals surface area contributed by atoms with Gasteiger partial charge in [0, 0.05) is 10.7 Å². The second-order valence-corrected chi connectivity index (χ2v) is 6.74. The molecule has 0 heterocycles. The maximum Gasteiger partial charge on any atom is 0.339 e. The Hall–Kier alpha value is 0.840. The van der Waals surface area contributed by atoms with E-state index in [2.05, 4.69) is 73.5 Å². The van der Waals surface area contributed by atoms with E-state index in [1.54, 1.807) is 0 Å². The third kappa shape index (κ3) is 3.95. The summed E-state index contributed by atoms with van der Waals surface area (Å²) in [7, 11) is 0. The summed E-state index contributed by atoms with van der Waals surface area (Å²) in [6, 6.07) is 3.88. The zero-order valence-corrected chi connectivity index (χ0v) is 15.1. The van der Waals surface area contributed by atoms with Crippen molar-refractivity contribution in [3.63, 3.8) is 0 Å². The van der Waals surface area contributed by atoms with Crippen molar-refractivity contribution in [1.82, 2.24) is 0 Å². The Morgan fingerprint density at radius 2 is 2.06 bits per heavy atom. The molecule has 0 aliphatic rings. The largest absolute Gasteiger partial charge is 0.453 e. The number of carbonyl (C=O) groups is 1. The molecule has 3 nitrogen and oxygen atoms in total. The highest BCUT2D eigenvalue weighted by molar-refractivity contribution is 14.1. The van der Waals surface area contributed by atoms with Crippen LogP contribution >= 0.6 is 67.8 Å². The van der Waals surface area contributed by atoms with Crippen molar-refractivity contribution in [1.29, 1.82) is 0 Å². The van der Waals surface area contributed by atoms with Crippen LogP contribution in [0.4, 0.5) is 0 Å². The third-order valence-electron chi connectivity index (χ3n) is 1.93. The van der Waals surface area contributed by atoms with E-state index in [1.807, 2.05) is 19.1 Å². The molecule has 1 unspecified atom stereocenters. The van der Waals surface area contributed by atoms with Crippen LogP contribution in [0.25, 0.3) is 0 Å². The molecule has 16 heavy (non-hydrogen) atoms. The number of quaternary nitrogens is 1. The Morgan fingerprint density at radius 3 is 2.62 bits per heavy atom. The maximum absolute atomic E-state index is 11.9. The van der Waals surface area contributed by atoms with E-state index in [0.717, 1.165) is 10.7 Å². The van der Waals surface area contributed by atoms with Gasteiger partial charge in [0.2, 0.25) is 0 Å². The molecule has 88 valence electrons. The van der Waals surface area contributed by atoms with E-state index in [-0.39, 0.29) is 12.1 Å². The first-order valence-electron chi connectivity index (χ1n) is 4.60. The fourth-order valence-corrected chi connectivity index (χ4v) is 3.39. The SMILES string of the molecule is CC(C[NH3+])OC(=O)c1cc(I)cc(I)c1I. The van der Waals surface area contributed by atoms with Gasteiger partial charge < -0.3 is 10.5 Å². The maximum atomic E-state index is 11.9. The highest BCUT2D eigenvalue weighted by Gasteiger charge is 2.17. The van der Waals surface area contributed by atoms with Crippen LogP contribution in [0.2, 0.25) is 0 Å². The summed E-state index contributed by atoms with van der Waals surface area (Å²) >= 11 is 6.58. The highest BCUT2D eigenvalue weighted by atomic mass is 127. The molecule has 3 N–H and O–H groups in total. The second kappa shape index (κ2) is 6.69. The normalized spacial score (nSPS) is 12.3. The van der Waals surface area contributed by atoms with E-state index in [4.69, 9.17) is 4.74 Å². The third-order valence-corrected chi connectivity index (χ3v) is 5.60. The van der Waals surface area contributed by atoms with Gasteiger partial charge in [0.05, 0.1) is 5.56 Å². The Balaban J connectivity index is 2.99. The molecule has 0 spiro atoms. The summed E-state index contributed by atoms with van der Waals surface area (Å²) < 4.78 is 8.32. The van der Waals surface area contributed by atoms with Crippen molar-refractivity contribution in [3.05, 3.63) is 28.4 Å². The number of halogens is 3. The van der Waals surface area contributed by atoms with Crippen LogP contribution < -0.4 is 5.73 Å². The Kier molecular flexibility index (Phi) is 6.23. The lowest BCUT2D eigenvalue weighted by molar-refractivity contribution is -0.381. The van der Waals surface area contributed by atoms with Crippen molar-refractivity contribution in [3.8, 4) is 0 Å². The zero-order chi connectivity index (χ0) is 12.3. The lowest BCUT2D eigenvalue weighted by atomic mass is 10.2. The number of benzene rings is 1. The summed E-state index contributed by atoms with van der Waals surface area (Å²) in [6.07, 6.45) is -0.140. The van der Waals surface area contributed by atoms with Gasteiger partial charge in [-0.05, 0) is 86.8 Å². The summed E-state index contributed by atoms with van der Waals surface area (Å²) in [5.41, 5.74) is 4.34. The second-order valence-electron chi connectivity index (χ2n) is 3.25. The van der Waals surface area contributed by atoms with Crippen LogP contribution in [0.1, 0.15) is 17.3 Å². The van der Waals surface area contributed by atoms with Crippen molar-refractivity contribution in [2.75, 3.05) is 6.54 Å². The summed E-state index contributed by atoms with van der Waals surface area (Å²) in [4.78, 5) is 11.9. The molecule has 1 aromatic carbocycles. The zero-order valence-electron chi connectivity index (χ0n) is 8.60. The average Bonchev–Trinajstić information content (AvgIpc) is 2.22. The van der Waals surface area contributed by atoms with Gasteiger partial charge in [-0.25, -0.2) is 4.79 Å². The van der Waals surface area contributed by atoms with Crippen LogP contribution in [0, 0.1) is 10.7 Å². The molecule has 1 rings (SSSR count). The van der Waals surface area contributed by atoms with Crippen LogP contribution in [-0.2, 0) is 4.74 Å². The van der Waals surface area contributed by atoms with Crippen LogP contribution in [0.5, 0.6) is 0 Å².